The lowest BCUT2D eigenvalue weighted by Crippen LogP contribution is -2.34. The molecule has 0 aliphatic carbocycles. The van der Waals surface area contributed by atoms with Crippen LogP contribution in [-0.4, -0.2) is 18.3 Å². The molecule has 0 unspecified atom stereocenters. The van der Waals surface area contributed by atoms with Crippen molar-refractivity contribution in [2.24, 2.45) is 0 Å². The van der Waals surface area contributed by atoms with Crippen molar-refractivity contribution in [2.75, 3.05) is 6.61 Å². The Morgan fingerprint density at radius 3 is 2.42 bits per heavy atom. The van der Waals surface area contributed by atoms with E-state index in [9.17, 15) is 4.79 Å². The van der Waals surface area contributed by atoms with Crippen molar-refractivity contribution in [1.82, 2.24) is 5.32 Å². The lowest BCUT2D eigenvalue weighted by atomic mass is 10.1. The zero-order valence-electron chi connectivity index (χ0n) is 11.9. The standard InChI is InChI=1S/C15H21NO3/c1-10(16-14(17)19-15(2,3)4)11-5-7-12(8-6-11)13-9-18-13/h5-8,10,13H,9H2,1-4H3,(H,16,17)/t10-,13+/m0/s1. The summed E-state index contributed by atoms with van der Waals surface area (Å²) in [6, 6.07) is 8.03. The van der Waals surface area contributed by atoms with Crippen LogP contribution in [-0.2, 0) is 9.47 Å². The molecule has 1 amide bonds. The van der Waals surface area contributed by atoms with E-state index in [4.69, 9.17) is 9.47 Å². The first-order valence-electron chi connectivity index (χ1n) is 6.56. The molecule has 19 heavy (non-hydrogen) atoms. The molecule has 4 heteroatoms. The minimum atomic E-state index is -0.475. The summed E-state index contributed by atoms with van der Waals surface area (Å²) in [7, 11) is 0. The summed E-state index contributed by atoms with van der Waals surface area (Å²) in [6.07, 6.45) is -0.127. The SMILES string of the molecule is C[C@H](NC(=O)OC(C)(C)C)c1ccc([C@H]2CO2)cc1. The summed E-state index contributed by atoms with van der Waals surface area (Å²) in [5.74, 6) is 0. The number of carbonyl (C=O) groups is 1. The maximum absolute atomic E-state index is 11.7. The number of nitrogens with one attached hydrogen (secondary N) is 1. The first-order valence-corrected chi connectivity index (χ1v) is 6.56. The topological polar surface area (TPSA) is 50.9 Å². The summed E-state index contributed by atoms with van der Waals surface area (Å²) in [6.45, 7) is 8.29. The third kappa shape index (κ3) is 4.24. The van der Waals surface area contributed by atoms with E-state index < -0.39 is 11.7 Å². The molecular formula is C15H21NO3. The first kappa shape index (κ1) is 13.9. The Bertz CT molecular complexity index is 443. The molecule has 0 spiro atoms. The Labute approximate surface area is 114 Å². The predicted octanol–water partition coefficient (Wildman–Crippen LogP) is 3.34. The van der Waals surface area contributed by atoms with Crippen LogP contribution >= 0.6 is 0 Å². The van der Waals surface area contributed by atoms with Gasteiger partial charge in [0.05, 0.1) is 12.6 Å². The molecule has 1 aromatic rings. The largest absolute Gasteiger partial charge is 0.444 e. The van der Waals surface area contributed by atoms with E-state index >= 15 is 0 Å². The number of rotatable bonds is 3. The van der Waals surface area contributed by atoms with Crippen LogP contribution in [0.3, 0.4) is 0 Å². The zero-order chi connectivity index (χ0) is 14.0. The van der Waals surface area contributed by atoms with Gasteiger partial charge in [-0.3, -0.25) is 0 Å². The number of epoxide rings is 1. The van der Waals surface area contributed by atoms with Gasteiger partial charge in [0.1, 0.15) is 11.7 Å². The van der Waals surface area contributed by atoms with E-state index in [1.54, 1.807) is 0 Å². The summed E-state index contributed by atoms with van der Waals surface area (Å²) < 4.78 is 10.5. The maximum atomic E-state index is 11.7. The average Bonchev–Trinajstić information content (AvgIpc) is 3.10. The van der Waals surface area contributed by atoms with Crippen LogP contribution in [0.1, 0.15) is 51.0 Å². The fourth-order valence-corrected chi connectivity index (χ4v) is 1.81. The third-order valence-electron chi connectivity index (χ3n) is 2.87. The molecule has 0 saturated carbocycles. The number of amides is 1. The molecule has 1 N–H and O–H groups in total. The van der Waals surface area contributed by atoms with E-state index in [0.29, 0.717) is 0 Å². The van der Waals surface area contributed by atoms with Gasteiger partial charge in [-0.2, -0.15) is 0 Å². The number of benzene rings is 1. The second-order valence-corrected chi connectivity index (χ2v) is 5.86. The van der Waals surface area contributed by atoms with Crippen LogP contribution in [0.25, 0.3) is 0 Å². The van der Waals surface area contributed by atoms with Gasteiger partial charge in [-0.25, -0.2) is 4.79 Å². The molecule has 1 heterocycles. The molecule has 0 aromatic heterocycles. The lowest BCUT2D eigenvalue weighted by molar-refractivity contribution is 0.0508. The quantitative estimate of drug-likeness (QED) is 0.851. The number of ether oxygens (including phenoxy) is 2. The van der Waals surface area contributed by atoms with Crippen LogP contribution in [0.5, 0.6) is 0 Å². The monoisotopic (exact) mass is 263 g/mol. The number of carbonyl (C=O) groups excluding carboxylic acids is 1. The molecule has 2 rings (SSSR count). The van der Waals surface area contributed by atoms with Gasteiger partial charge in [-0.05, 0) is 38.8 Å². The highest BCUT2D eigenvalue weighted by molar-refractivity contribution is 5.68. The van der Waals surface area contributed by atoms with Crippen LogP contribution in [0.4, 0.5) is 4.79 Å². The molecule has 1 fully saturated rings. The Kier molecular flexibility index (Phi) is 3.80. The minimum Gasteiger partial charge on any atom is -0.444 e. The van der Waals surface area contributed by atoms with Crippen molar-refractivity contribution < 1.29 is 14.3 Å². The summed E-state index contributed by atoms with van der Waals surface area (Å²) in [5.41, 5.74) is 1.76. The Morgan fingerprint density at radius 1 is 1.37 bits per heavy atom. The second kappa shape index (κ2) is 5.21. The Morgan fingerprint density at radius 2 is 1.95 bits per heavy atom. The summed E-state index contributed by atoms with van der Waals surface area (Å²) in [5, 5.41) is 2.82. The first-order chi connectivity index (χ1) is 8.85. The molecule has 1 aromatic carbocycles. The lowest BCUT2D eigenvalue weighted by Gasteiger charge is -2.22. The molecule has 1 saturated heterocycles. The Balaban J connectivity index is 1.91. The van der Waals surface area contributed by atoms with Gasteiger partial charge in [0, 0.05) is 0 Å². The molecule has 104 valence electrons. The van der Waals surface area contributed by atoms with Gasteiger partial charge in [-0.1, -0.05) is 24.3 Å². The van der Waals surface area contributed by atoms with Crippen LogP contribution in [0.2, 0.25) is 0 Å². The number of hydrogen-bond acceptors (Lipinski definition) is 3. The number of alkyl carbamates (subject to hydrolysis) is 1. The highest BCUT2D eigenvalue weighted by Gasteiger charge is 2.24. The molecule has 0 bridgehead atoms. The molecule has 1 aliphatic heterocycles. The van der Waals surface area contributed by atoms with Gasteiger partial charge < -0.3 is 14.8 Å². The Hall–Kier alpha value is -1.55. The fourth-order valence-electron chi connectivity index (χ4n) is 1.81. The van der Waals surface area contributed by atoms with Crippen LogP contribution in [0.15, 0.2) is 24.3 Å². The zero-order valence-corrected chi connectivity index (χ0v) is 11.9. The summed E-state index contributed by atoms with van der Waals surface area (Å²) >= 11 is 0. The number of hydrogen-bond donors (Lipinski definition) is 1. The molecule has 2 atom stereocenters. The predicted molar refractivity (Wildman–Crippen MR) is 72.9 cm³/mol. The van der Waals surface area contributed by atoms with E-state index in [1.807, 2.05) is 52.0 Å². The van der Waals surface area contributed by atoms with Crippen molar-refractivity contribution >= 4 is 6.09 Å². The highest BCUT2D eigenvalue weighted by atomic mass is 16.6. The van der Waals surface area contributed by atoms with E-state index in [-0.39, 0.29) is 12.1 Å². The van der Waals surface area contributed by atoms with E-state index in [2.05, 4.69) is 5.32 Å². The highest BCUT2D eigenvalue weighted by Crippen LogP contribution is 2.30. The normalized spacial score (nSPS) is 19.7. The van der Waals surface area contributed by atoms with Gasteiger partial charge in [0.15, 0.2) is 0 Å². The van der Waals surface area contributed by atoms with Crippen molar-refractivity contribution in [2.45, 2.75) is 45.4 Å². The smallest absolute Gasteiger partial charge is 0.408 e. The second-order valence-electron chi connectivity index (χ2n) is 5.86. The van der Waals surface area contributed by atoms with Gasteiger partial charge in [-0.15, -0.1) is 0 Å². The maximum Gasteiger partial charge on any atom is 0.408 e. The minimum absolute atomic E-state index is 0.0796. The molecular weight excluding hydrogens is 242 g/mol. The van der Waals surface area contributed by atoms with Crippen LogP contribution < -0.4 is 5.32 Å². The van der Waals surface area contributed by atoms with Crippen molar-refractivity contribution in [3.05, 3.63) is 35.4 Å². The van der Waals surface area contributed by atoms with E-state index in [1.165, 1.54) is 5.56 Å². The third-order valence-corrected chi connectivity index (χ3v) is 2.87. The fraction of sp³-hybridized carbons (Fsp3) is 0.533. The van der Waals surface area contributed by atoms with Crippen molar-refractivity contribution in [1.29, 1.82) is 0 Å². The van der Waals surface area contributed by atoms with Crippen molar-refractivity contribution in [3.8, 4) is 0 Å². The average molecular weight is 263 g/mol. The van der Waals surface area contributed by atoms with Gasteiger partial charge >= 0.3 is 6.09 Å². The van der Waals surface area contributed by atoms with E-state index in [0.717, 1.165) is 12.2 Å². The molecule has 1 aliphatic rings. The van der Waals surface area contributed by atoms with Gasteiger partial charge in [0.2, 0.25) is 0 Å². The van der Waals surface area contributed by atoms with Gasteiger partial charge in [0.25, 0.3) is 0 Å². The molecule has 0 radical (unpaired) electrons. The molecule has 4 nitrogen and oxygen atoms in total. The van der Waals surface area contributed by atoms with Crippen molar-refractivity contribution in [3.63, 3.8) is 0 Å². The van der Waals surface area contributed by atoms with Crippen LogP contribution in [0, 0.1) is 0 Å². The summed E-state index contributed by atoms with van der Waals surface area (Å²) in [4.78, 5) is 11.7.